The number of anilines is 1. The van der Waals surface area contributed by atoms with E-state index in [4.69, 9.17) is 9.47 Å². The molecule has 0 radical (unpaired) electrons. The van der Waals surface area contributed by atoms with Crippen molar-refractivity contribution in [2.45, 2.75) is 49.5 Å². The Morgan fingerprint density at radius 2 is 1.65 bits per heavy atom. The number of nitrogens with one attached hydrogen (secondary N) is 1. The van der Waals surface area contributed by atoms with Gasteiger partial charge in [-0.1, -0.05) is 19.1 Å². The maximum atomic E-state index is 12.9. The minimum absolute atomic E-state index is 0.00713. The molecule has 3 aromatic rings. The fourth-order valence-corrected chi connectivity index (χ4v) is 5.60. The quantitative estimate of drug-likeness (QED) is 0.259. The van der Waals surface area contributed by atoms with E-state index in [1.54, 1.807) is 43.3 Å². The zero-order valence-corrected chi connectivity index (χ0v) is 24.0. The minimum atomic E-state index is -4.47. The molecule has 4 rings (SSSR count). The smallest absolute Gasteiger partial charge is 0.416 e. The number of ether oxygens (including phenoxy) is 2. The highest BCUT2D eigenvalue weighted by atomic mass is 32.2. The van der Waals surface area contributed by atoms with Crippen molar-refractivity contribution in [3.8, 4) is 5.75 Å². The number of hydrogen-bond acceptors (Lipinski definition) is 6. The second-order valence-corrected chi connectivity index (χ2v) is 12.3. The molecule has 1 amide bonds. The molecular formula is C30H31F5N2O5S. The molecule has 0 aliphatic carbocycles. The number of carbonyl (C=O) groups is 1. The second kappa shape index (κ2) is 13.7. The molecule has 1 aliphatic rings. The Labute approximate surface area is 246 Å². The Morgan fingerprint density at radius 3 is 2.23 bits per heavy atom. The summed E-state index contributed by atoms with van der Waals surface area (Å²) in [4.78, 5) is 14.8. The van der Waals surface area contributed by atoms with Gasteiger partial charge in [0.1, 0.15) is 18.5 Å². The topological polar surface area (TPSA) is 84.9 Å². The van der Waals surface area contributed by atoms with Gasteiger partial charge in [-0.2, -0.15) is 13.2 Å². The summed E-state index contributed by atoms with van der Waals surface area (Å²) in [5.41, 5.74) is 0.989. The van der Waals surface area contributed by atoms with Crippen LogP contribution in [-0.4, -0.2) is 58.4 Å². The molecule has 2 atom stereocenters. The van der Waals surface area contributed by atoms with E-state index in [0.29, 0.717) is 24.2 Å². The molecule has 0 spiro atoms. The highest BCUT2D eigenvalue weighted by molar-refractivity contribution is 7.91. The van der Waals surface area contributed by atoms with Crippen LogP contribution in [0.3, 0.4) is 0 Å². The number of amides is 1. The summed E-state index contributed by atoms with van der Waals surface area (Å²) in [6.45, 7) is 1.32. The Kier molecular flexibility index (Phi) is 10.3. The third-order valence-corrected chi connectivity index (χ3v) is 8.74. The van der Waals surface area contributed by atoms with Crippen LogP contribution in [0.1, 0.15) is 34.8 Å². The predicted molar refractivity (Wildman–Crippen MR) is 150 cm³/mol. The van der Waals surface area contributed by atoms with Crippen molar-refractivity contribution in [3.63, 3.8) is 0 Å². The van der Waals surface area contributed by atoms with Gasteiger partial charge in [-0.05, 0) is 66.2 Å². The molecule has 3 aromatic carbocycles. The van der Waals surface area contributed by atoms with Crippen LogP contribution in [0.4, 0.5) is 27.6 Å². The molecule has 7 nitrogen and oxygen atoms in total. The summed E-state index contributed by atoms with van der Waals surface area (Å²) >= 11 is 0. The standard InChI is InChI=1S/C30H31F5N2O5S/c1-2-43(39,40)27-13-3-20(4-14-27)16-36-29(38)21-5-9-23(10-6-21)37-17-26(15-24(37)18-41-19-28(31)32)42-25-11-7-22(8-12-25)30(33,34)35/h3-14,24,26,28H,2,15-19H2,1H3,(H,36,38)/t24-,26+/m0/s1. The summed E-state index contributed by atoms with van der Waals surface area (Å²) in [7, 11) is -3.32. The van der Waals surface area contributed by atoms with E-state index in [1.807, 2.05) is 4.90 Å². The number of sulfone groups is 1. The average molecular weight is 627 g/mol. The van der Waals surface area contributed by atoms with E-state index >= 15 is 0 Å². The zero-order valence-electron chi connectivity index (χ0n) is 23.2. The van der Waals surface area contributed by atoms with E-state index in [9.17, 15) is 35.2 Å². The van der Waals surface area contributed by atoms with Crippen LogP contribution in [0, 0.1) is 0 Å². The first-order valence-corrected chi connectivity index (χ1v) is 15.2. The third-order valence-electron chi connectivity index (χ3n) is 6.99. The molecule has 1 heterocycles. The second-order valence-electron chi connectivity index (χ2n) is 10.0. The van der Waals surface area contributed by atoms with E-state index in [1.165, 1.54) is 24.3 Å². The first-order valence-electron chi connectivity index (χ1n) is 13.5. The maximum Gasteiger partial charge on any atom is 0.416 e. The maximum absolute atomic E-state index is 12.9. The van der Waals surface area contributed by atoms with Crippen molar-refractivity contribution in [3.05, 3.63) is 89.5 Å². The molecule has 0 aromatic heterocycles. The third kappa shape index (κ3) is 8.66. The van der Waals surface area contributed by atoms with E-state index in [2.05, 4.69) is 5.32 Å². The summed E-state index contributed by atoms with van der Waals surface area (Å²) in [5.74, 6) is -0.105. The van der Waals surface area contributed by atoms with Crippen LogP contribution < -0.4 is 15.0 Å². The van der Waals surface area contributed by atoms with Crippen LogP contribution in [0.25, 0.3) is 0 Å². The first-order chi connectivity index (χ1) is 20.4. The van der Waals surface area contributed by atoms with E-state index in [0.717, 1.165) is 17.7 Å². The van der Waals surface area contributed by atoms with Crippen molar-refractivity contribution in [1.29, 1.82) is 0 Å². The van der Waals surface area contributed by atoms with Gasteiger partial charge in [0.2, 0.25) is 0 Å². The van der Waals surface area contributed by atoms with Gasteiger partial charge in [-0.3, -0.25) is 4.79 Å². The normalized spacial score (nSPS) is 17.3. The van der Waals surface area contributed by atoms with Crippen LogP contribution in [0.15, 0.2) is 77.7 Å². The van der Waals surface area contributed by atoms with Crippen molar-refractivity contribution in [1.82, 2.24) is 5.32 Å². The lowest BCUT2D eigenvalue weighted by atomic mass is 10.1. The van der Waals surface area contributed by atoms with Gasteiger partial charge in [-0.25, -0.2) is 17.2 Å². The Hall–Kier alpha value is -3.71. The van der Waals surface area contributed by atoms with Crippen LogP contribution >= 0.6 is 0 Å². The van der Waals surface area contributed by atoms with Crippen LogP contribution in [0.2, 0.25) is 0 Å². The monoisotopic (exact) mass is 626 g/mol. The lowest BCUT2D eigenvalue weighted by Crippen LogP contribution is -2.34. The van der Waals surface area contributed by atoms with Crippen LogP contribution in [0.5, 0.6) is 5.75 Å². The summed E-state index contributed by atoms with van der Waals surface area (Å²) in [6.07, 6.45) is -7.16. The van der Waals surface area contributed by atoms with Gasteiger partial charge in [0.05, 0.1) is 35.4 Å². The largest absolute Gasteiger partial charge is 0.489 e. The number of alkyl halides is 5. The van der Waals surface area contributed by atoms with Gasteiger partial charge in [0.25, 0.3) is 12.3 Å². The number of benzene rings is 3. The van der Waals surface area contributed by atoms with E-state index < -0.39 is 40.7 Å². The Morgan fingerprint density at radius 1 is 1.00 bits per heavy atom. The van der Waals surface area contributed by atoms with E-state index in [-0.39, 0.29) is 41.5 Å². The fraction of sp³-hybridized carbons (Fsp3) is 0.367. The van der Waals surface area contributed by atoms with Crippen molar-refractivity contribution < 1.29 is 44.6 Å². The van der Waals surface area contributed by atoms with Crippen molar-refractivity contribution >= 4 is 21.4 Å². The molecule has 1 aliphatic heterocycles. The van der Waals surface area contributed by atoms with Gasteiger partial charge in [0.15, 0.2) is 9.84 Å². The molecule has 1 fully saturated rings. The molecule has 0 unspecified atom stereocenters. The highest BCUT2D eigenvalue weighted by Crippen LogP contribution is 2.32. The zero-order chi connectivity index (χ0) is 31.2. The minimum Gasteiger partial charge on any atom is -0.489 e. The van der Waals surface area contributed by atoms with Crippen LogP contribution in [-0.2, 0) is 27.3 Å². The lowest BCUT2D eigenvalue weighted by Gasteiger charge is -2.26. The van der Waals surface area contributed by atoms with Crippen molar-refractivity contribution in [2.75, 3.05) is 30.4 Å². The first kappa shape index (κ1) is 32.2. The Balaban J connectivity index is 1.39. The number of rotatable bonds is 12. The number of hydrogen-bond donors (Lipinski definition) is 1. The summed E-state index contributed by atoms with van der Waals surface area (Å²) in [6, 6.07) is 16.9. The van der Waals surface area contributed by atoms with Gasteiger partial charge in [0, 0.05) is 24.2 Å². The van der Waals surface area contributed by atoms with Gasteiger partial charge in [-0.15, -0.1) is 0 Å². The molecule has 1 N–H and O–H groups in total. The lowest BCUT2D eigenvalue weighted by molar-refractivity contribution is -0.137. The highest BCUT2D eigenvalue weighted by Gasteiger charge is 2.35. The van der Waals surface area contributed by atoms with Gasteiger partial charge < -0.3 is 19.7 Å². The number of nitrogens with zero attached hydrogens (tertiary/aromatic N) is 1. The average Bonchev–Trinajstić information content (AvgIpc) is 3.38. The number of halogens is 5. The molecule has 1 saturated heterocycles. The summed E-state index contributed by atoms with van der Waals surface area (Å²) < 4.78 is 99.1. The molecule has 13 heteroatoms. The fourth-order valence-electron chi connectivity index (χ4n) is 4.71. The predicted octanol–water partition coefficient (Wildman–Crippen LogP) is 5.74. The number of carbonyl (C=O) groups excluding carboxylic acids is 1. The Bertz CT molecular complexity index is 1460. The molecule has 0 saturated carbocycles. The SMILES string of the molecule is CCS(=O)(=O)c1ccc(CNC(=O)c2ccc(N3C[C@H](Oc4ccc(C(F)(F)F)cc4)C[C@H]3COCC(F)F)cc2)cc1. The molecule has 43 heavy (non-hydrogen) atoms. The van der Waals surface area contributed by atoms with Gasteiger partial charge >= 0.3 is 6.18 Å². The molecular weight excluding hydrogens is 595 g/mol. The summed E-state index contributed by atoms with van der Waals surface area (Å²) in [5, 5.41) is 2.79. The van der Waals surface area contributed by atoms with Crippen molar-refractivity contribution in [2.24, 2.45) is 0 Å². The molecule has 0 bridgehead atoms. The molecule has 232 valence electrons.